The van der Waals surface area contributed by atoms with E-state index < -0.39 is 0 Å². The minimum absolute atomic E-state index is 0.0741. The van der Waals surface area contributed by atoms with Crippen LogP contribution in [0.25, 0.3) is 11.4 Å². The highest BCUT2D eigenvalue weighted by molar-refractivity contribution is 6.30. The first-order valence-electron chi connectivity index (χ1n) is 7.83. The van der Waals surface area contributed by atoms with Crippen LogP contribution in [0, 0.1) is 0 Å². The van der Waals surface area contributed by atoms with Gasteiger partial charge in [0.15, 0.2) is 0 Å². The molecule has 3 rings (SSSR count). The number of benzene rings is 2. The zero-order valence-electron chi connectivity index (χ0n) is 14.0. The molecule has 0 unspecified atom stereocenters. The second kappa shape index (κ2) is 7.84. The molecule has 0 aliphatic heterocycles. The molecule has 1 amide bonds. The summed E-state index contributed by atoms with van der Waals surface area (Å²) in [5, 5.41) is 3.33. The van der Waals surface area contributed by atoms with Gasteiger partial charge in [-0.15, -0.1) is 0 Å². The molecular weight excluding hydrogens is 354 g/mol. The molecule has 0 aliphatic rings. The number of hydrogen-bond donors (Lipinski definition) is 2. The first-order chi connectivity index (χ1) is 12.5. The van der Waals surface area contributed by atoms with Crippen LogP contribution >= 0.6 is 11.6 Å². The number of carbonyl (C=O) groups is 1. The number of halogens is 1. The minimum Gasteiger partial charge on any atom is -0.497 e. The molecule has 0 atom stereocenters. The Morgan fingerprint density at radius 2 is 1.85 bits per heavy atom. The van der Waals surface area contributed by atoms with Crippen LogP contribution in [-0.4, -0.2) is 23.0 Å². The summed E-state index contributed by atoms with van der Waals surface area (Å²) in [6, 6.07) is 13.9. The largest absolute Gasteiger partial charge is 0.497 e. The maximum Gasteiger partial charge on any atom is 0.254 e. The Balaban J connectivity index is 1.70. The van der Waals surface area contributed by atoms with Gasteiger partial charge < -0.3 is 15.0 Å². The van der Waals surface area contributed by atoms with Crippen molar-refractivity contribution >= 4 is 23.2 Å². The van der Waals surface area contributed by atoms with Crippen molar-refractivity contribution < 1.29 is 9.53 Å². The summed E-state index contributed by atoms with van der Waals surface area (Å²) >= 11 is 5.85. The summed E-state index contributed by atoms with van der Waals surface area (Å²) in [6.07, 6.45) is 1.34. The fourth-order valence-electron chi connectivity index (χ4n) is 2.35. The number of aromatic nitrogens is 2. The first-order valence-corrected chi connectivity index (χ1v) is 8.21. The van der Waals surface area contributed by atoms with Gasteiger partial charge in [-0.05, 0) is 48.5 Å². The highest BCUT2D eigenvalue weighted by Gasteiger charge is 2.10. The number of nitrogens with one attached hydrogen (secondary N) is 2. The topological polar surface area (TPSA) is 84.1 Å². The van der Waals surface area contributed by atoms with Crippen LogP contribution < -0.4 is 15.6 Å². The summed E-state index contributed by atoms with van der Waals surface area (Å²) in [5.41, 5.74) is 1.29. The molecule has 3 aromatic rings. The summed E-state index contributed by atoms with van der Waals surface area (Å²) in [7, 11) is 1.57. The van der Waals surface area contributed by atoms with E-state index in [4.69, 9.17) is 16.3 Å². The van der Waals surface area contributed by atoms with E-state index in [1.165, 1.54) is 6.20 Å². The average molecular weight is 370 g/mol. The molecule has 7 heteroatoms. The molecule has 26 heavy (non-hydrogen) atoms. The Morgan fingerprint density at radius 3 is 2.46 bits per heavy atom. The summed E-state index contributed by atoms with van der Waals surface area (Å²) in [4.78, 5) is 31.3. The van der Waals surface area contributed by atoms with Crippen LogP contribution in [0.15, 0.2) is 59.5 Å². The number of aromatic amines is 1. The Kier molecular flexibility index (Phi) is 5.34. The average Bonchev–Trinajstić information content (AvgIpc) is 2.64. The van der Waals surface area contributed by atoms with Gasteiger partial charge in [0, 0.05) is 28.0 Å². The third kappa shape index (κ3) is 4.29. The number of methoxy groups -OCH3 is 1. The molecular formula is C19H16ClN3O3. The van der Waals surface area contributed by atoms with Crippen LogP contribution in [0.4, 0.5) is 5.69 Å². The lowest BCUT2D eigenvalue weighted by molar-refractivity contribution is -0.115. The lowest BCUT2D eigenvalue weighted by Gasteiger charge is -2.07. The van der Waals surface area contributed by atoms with E-state index in [0.717, 1.165) is 5.56 Å². The number of anilines is 1. The van der Waals surface area contributed by atoms with E-state index >= 15 is 0 Å². The Bertz CT molecular complexity index is 967. The zero-order chi connectivity index (χ0) is 18.5. The van der Waals surface area contributed by atoms with Gasteiger partial charge >= 0.3 is 0 Å². The van der Waals surface area contributed by atoms with Gasteiger partial charge in [0.05, 0.1) is 13.5 Å². The fraction of sp³-hybridized carbons (Fsp3) is 0.105. The number of nitrogens with zero attached hydrogens (tertiary/aromatic N) is 1. The highest BCUT2D eigenvalue weighted by atomic mass is 35.5. The minimum atomic E-state index is -0.352. The van der Waals surface area contributed by atoms with Crippen LogP contribution in [0.2, 0.25) is 5.02 Å². The Morgan fingerprint density at radius 1 is 1.15 bits per heavy atom. The molecule has 0 saturated heterocycles. The van der Waals surface area contributed by atoms with Crippen molar-refractivity contribution in [1.82, 2.24) is 9.97 Å². The normalized spacial score (nSPS) is 10.4. The molecule has 6 nitrogen and oxygen atoms in total. The SMILES string of the molecule is COc1ccc(NC(=O)Cc2cnc(-c3ccc(Cl)cc3)[nH]c2=O)cc1. The van der Waals surface area contributed by atoms with Gasteiger partial charge in [-0.2, -0.15) is 0 Å². The van der Waals surface area contributed by atoms with Crippen LogP contribution in [0.1, 0.15) is 5.56 Å². The standard InChI is InChI=1S/C19H16ClN3O3/c1-26-16-8-6-15(7-9-16)22-17(24)10-13-11-21-18(23-19(13)25)12-2-4-14(20)5-3-12/h2-9,11H,10H2,1H3,(H,22,24)(H,21,23,25). The number of H-pyrrole nitrogens is 1. The van der Waals surface area contributed by atoms with Gasteiger partial charge in [0.2, 0.25) is 5.91 Å². The number of carbonyl (C=O) groups excluding carboxylic acids is 1. The first kappa shape index (κ1) is 17.7. The van der Waals surface area contributed by atoms with Gasteiger partial charge in [0.1, 0.15) is 11.6 Å². The lowest BCUT2D eigenvalue weighted by Crippen LogP contribution is -2.22. The highest BCUT2D eigenvalue weighted by Crippen LogP contribution is 2.17. The predicted molar refractivity (Wildman–Crippen MR) is 101 cm³/mol. The molecule has 0 bridgehead atoms. The van der Waals surface area contributed by atoms with E-state index in [1.54, 1.807) is 55.6 Å². The van der Waals surface area contributed by atoms with Gasteiger partial charge in [-0.25, -0.2) is 4.98 Å². The van der Waals surface area contributed by atoms with Crippen molar-refractivity contribution in [3.8, 4) is 17.1 Å². The second-order valence-electron chi connectivity index (χ2n) is 5.55. The third-order valence-electron chi connectivity index (χ3n) is 3.72. The number of amides is 1. The quantitative estimate of drug-likeness (QED) is 0.722. The molecule has 1 aromatic heterocycles. The molecule has 132 valence electrons. The van der Waals surface area contributed by atoms with E-state index in [2.05, 4.69) is 15.3 Å². The molecule has 0 spiro atoms. The molecule has 0 aliphatic carbocycles. The lowest BCUT2D eigenvalue weighted by atomic mass is 10.2. The Hall–Kier alpha value is -3.12. The second-order valence-corrected chi connectivity index (χ2v) is 5.98. The maximum absolute atomic E-state index is 12.2. The van der Waals surface area contributed by atoms with E-state index in [1.807, 2.05) is 0 Å². The van der Waals surface area contributed by atoms with E-state index in [9.17, 15) is 9.59 Å². The van der Waals surface area contributed by atoms with Crippen molar-refractivity contribution in [3.63, 3.8) is 0 Å². The summed E-state index contributed by atoms with van der Waals surface area (Å²) in [6.45, 7) is 0. The molecule has 2 aromatic carbocycles. The monoisotopic (exact) mass is 369 g/mol. The summed E-state index contributed by atoms with van der Waals surface area (Å²) in [5.74, 6) is 0.814. The molecule has 0 saturated carbocycles. The number of hydrogen-bond acceptors (Lipinski definition) is 4. The van der Waals surface area contributed by atoms with Gasteiger partial charge in [0.25, 0.3) is 5.56 Å². The number of ether oxygens (including phenoxy) is 1. The van der Waals surface area contributed by atoms with Crippen LogP contribution in [-0.2, 0) is 11.2 Å². The van der Waals surface area contributed by atoms with Crippen molar-refractivity contribution in [2.45, 2.75) is 6.42 Å². The van der Waals surface area contributed by atoms with Crippen molar-refractivity contribution in [2.24, 2.45) is 0 Å². The molecule has 0 fully saturated rings. The summed E-state index contributed by atoms with van der Waals surface area (Å²) < 4.78 is 5.07. The molecule has 0 radical (unpaired) electrons. The number of rotatable bonds is 5. The van der Waals surface area contributed by atoms with E-state index in [-0.39, 0.29) is 23.5 Å². The maximum atomic E-state index is 12.2. The van der Waals surface area contributed by atoms with Crippen LogP contribution in [0.5, 0.6) is 5.75 Å². The zero-order valence-corrected chi connectivity index (χ0v) is 14.7. The smallest absolute Gasteiger partial charge is 0.254 e. The van der Waals surface area contributed by atoms with Crippen molar-refractivity contribution in [3.05, 3.63) is 75.7 Å². The van der Waals surface area contributed by atoms with Gasteiger partial charge in [-0.3, -0.25) is 9.59 Å². The molecule has 1 heterocycles. The van der Waals surface area contributed by atoms with Gasteiger partial charge in [-0.1, -0.05) is 11.6 Å². The molecule has 2 N–H and O–H groups in total. The fourth-order valence-corrected chi connectivity index (χ4v) is 2.48. The van der Waals surface area contributed by atoms with Crippen LogP contribution in [0.3, 0.4) is 0 Å². The predicted octanol–water partition coefficient (Wildman–Crippen LogP) is 3.28. The Labute approximate surface area is 154 Å². The van der Waals surface area contributed by atoms with E-state index in [0.29, 0.717) is 22.3 Å². The van der Waals surface area contributed by atoms with Crippen molar-refractivity contribution in [1.29, 1.82) is 0 Å². The van der Waals surface area contributed by atoms with Crippen molar-refractivity contribution in [2.75, 3.05) is 12.4 Å². The third-order valence-corrected chi connectivity index (χ3v) is 3.97.